The van der Waals surface area contributed by atoms with Crippen LogP contribution < -0.4 is 14.8 Å². The van der Waals surface area contributed by atoms with Gasteiger partial charge in [-0.2, -0.15) is 5.10 Å². The third kappa shape index (κ3) is 5.54. The summed E-state index contributed by atoms with van der Waals surface area (Å²) in [6.07, 6.45) is 4.05. The van der Waals surface area contributed by atoms with E-state index in [1.54, 1.807) is 42.4 Å². The van der Waals surface area contributed by atoms with E-state index in [1.165, 1.54) is 18.5 Å². The van der Waals surface area contributed by atoms with Crippen LogP contribution in [-0.4, -0.2) is 27.8 Å². The molecule has 3 aromatic rings. The van der Waals surface area contributed by atoms with Crippen LogP contribution in [0.4, 0.5) is 10.1 Å². The predicted octanol–water partition coefficient (Wildman–Crippen LogP) is 3.42. The Bertz CT molecular complexity index is 916. The van der Waals surface area contributed by atoms with Gasteiger partial charge in [-0.25, -0.2) is 9.37 Å². The van der Waals surface area contributed by atoms with Crippen molar-refractivity contribution in [2.45, 2.75) is 26.0 Å². The molecule has 0 saturated carbocycles. The van der Waals surface area contributed by atoms with Gasteiger partial charge in [-0.05, 0) is 36.2 Å². The highest BCUT2D eigenvalue weighted by Gasteiger charge is 2.10. The lowest BCUT2D eigenvalue weighted by Crippen LogP contribution is -2.13. The lowest BCUT2D eigenvalue weighted by Gasteiger charge is -2.13. The third-order valence-electron chi connectivity index (χ3n) is 4.00. The fraction of sp³-hybridized carbons (Fsp3) is 0.250. The zero-order valence-corrected chi connectivity index (χ0v) is 15.5. The van der Waals surface area contributed by atoms with Crippen LogP contribution in [0, 0.1) is 5.82 Å². The molecule has 2 aromatic carbocycles. The minimum atomic E-state index is -0.355. The van der Waals surface area contributed by atoms with Gasteiger partial charge in [0.25, 0.3) is 0 Å². The van der Waals surface area contributed by atoms with Crippen LogP contribution in [0.1, 0.15) is 18.4 Å². The molecule has 8 heteroatoms. The molecule has 146 valence electrons. The summed E-state index contributed by atoms with van der Waals surface area (Å²) in [6.45, 7) is 0.856. The number of carbonyl (C=O) groups is 1. The van der Waals surface area contributed by atoms with E-state index in [4.69, 9.17) is 9.47 Å². The van der Waals surface area contributed by atoms with Crippen LogP contribution in [0.25, 0.3) is 0 Å². The van der Waals surface area contributed by atoms with Crippen molar-refractivity contribution >= 4 is 11.6 Å². The first-order valence-corrected chi connectivity index (χ1v) is 8.81. The molecule has 0 saturated heterocycles. The van der Waals surface area contributed by atoms with E-state index in [1.807, 2.05) is 6.07 Å². The molecule has 0 fully saturated rings. The van der Waals surface area contributed by atoms with Gasteiger partial charge in [-0.3, -0.25) is 9.48 Å². The molecular formula is C20H21FN4O3. The molecule has 1 N–H and O–H groups in total. The molecule has 7 nitrogen and oxygen atoms in total. The molecule has 3 rings (SSSR count). The molecule has 0 aliphatic rings. The first kappa shape index (κ1) is 19.3. The predicted molar refractivity (Wildman–Crippen MR) is 102 cm³/mol. The van der Waals surface area contributed by atoms with Crippen molar-refractivity contribution in [2.75, 3.05) is 12.4 Å². The number of amides is 1. The highest BCUT2D eigenvalue weighted by Crippen LogP contribution is 2.26. The van der Waals surface area contributed by atoms with E-state index in [2.05, 4.69) is 15.4 Å². The Kier molecular flexibility index (Phi) is 6.56. The van der Waals surface area contributed by atoms with Gasteiger partial charge in [-0.1, -0.05) is 12.1 Å². The molecule has 0 bridgehead atoms. The molecule has 28 heavy (non-hydrogen) atoms. The van der Waals surface area contributed by atoms with Gasteiger partial charge in [0.05, 0.1) is 12.8 Å². The molecule has 0 radical (unpaired) electrons. The zero-order valence-electron chi connectivity index (χ0n) is 15.5. The van der Waals surface area contributed by atoms with Crippen molar-refractivity contribution in [1.82, 2.24) is 14.8 Å². The molecule has 1 heterocycles. The second-order valence-electron chi connectivity index (χ2n) is 6.09. The van der Waals surface area contributed by atoms with E-state index < -0.39 is 0 Å². The van der Waals surface area contributed by atoms with E-state index in [0.29, 0.717) is 36.6 Å². The molecule has 0 aliphatic heterocycles. The van der Waals surface area contributed by atoms with Gasteiger partial charge in [-0.15, -0.1) is 0 Å². The Labute approximate surface area is 162 Å². The number of hydrogen-bond acceptors (Lipinski definition) is 5. The lowest BCUT2D eigenvalue weighted by atomic mass is 10.2. The molecule has 0 spiro atoms. The van der Waals surface area contributed by atoms with E-state index >= 15 is 0 Å². The minimum Gasteiger partial charge on any atom is -0.495 e. The highest BCUT2D eigenvalue weighted by atomic mass is 19.1. The first-order chi connectivity index (χ1) is 13.6. The number of methoxy groups -OCH3 is 1. The van der Waals surface area contributed by atoms with Crippen molar-refractivity contribution in [2.24, 2.45) is 0 Å². The summed E-state index contributed by atoms with van der Waals surface area (Å²) < 4.78 is 25.8. The number of ether oxygens (including phenoxy) is 2. The number of benzene rings is 2. The van der Waals surface area contributed by atoms with Crippen LogP contribution in [0.5, 0.6) is 11.5 Å². The van der Waals surface area contributed by atoms with E-state index in [0.717, 1.165) is 5.56 Å². The van der Waals surface area contributed by atoms with E-state index in [9.17, 15) is 9.18 Å². The van der Waals surface area contributed by atoms with Gasteiger partial charge in [0.15, 0.2) is 0 Å². The minimum absolute atomic E-state index is 0.124. The Hall–Kier alpha value is -3.42. The fourth-order valence-electron chi connectivity index (χ4n) is 2.63. The Morgan fingerprint density at radius 1 is 1.25 bits per heavy atom. The molecule has 1 aromatic heterocycles. The first-order valence-electron chi connectivity index (χ1n) is 8.81. The number of anilines is 1. The molecule has 0 unspecified atom stereocenters. The average molecular weight is 384 g/mol. The van der Waals surface area contributed by atoms with Gasteiger partial charge < -0.3 is 14.8 Å². The lowest BCUT2D eigenvalue weighted by molar-refractivity contribution is -0.116. The molecular weight excluding hydrogens is 363 g/mol. The summed E-state index contributed by atoms with van der Waals surface area (Å²) >= 11 is 0. The van der Waals surface area contributed by atoms with Crippen LogP contribution in [0.3, 0.4) is 0 Å². The number of aryl methyl sites for hydroxylation is 1. The summed E-state index contributed by atoms with van der Waals surface area (Å²) in [4.78, 5) is 16.1. The number of aromatic nitrogens is 3. The Morgan fingerprint density at radius 2 is 2.14 bits per heavy atom. The van der Waals surface area contributed by atoms with Crippen molar-refractivity contribution in [1.29, 1.82) is 0 Å². The van der Waals surface area contributed by atoms with Crippen molar-refractivity contribution in [3.05, 3.63) is 66.5 Å². The van der Waals surface area contributed by atoms with Crippen LogP contribution in [-0.2, 0) is 17.9 Å². The number of carbonyl (C=O) groups excluding carboxylic acids is 1. The summed E-state index contributed by atoms with van der Waals surface area (Å²) in [6, 6.07) is 11.3. The quantitative estimate of drug-likeness (QED) is 0.612. The van der Waals surface area contributed by atoms with Gasteiger partial charge in [0, 0.05) is 19.0 Å². The number of hydrogen-bond donors (Lipinski definition) is 1. The van der Waals surface area contributed by atoms with Crippen LogP contribution in [0.2, 0.25) is 0 Å². The smallest absolute Gasteiger partial charge is 0.224 e. The maximum absolute atomic E-state index is 13.2. The Morgan fingerprint density at radius 3 is 2.89 bits per heavy atom. The molecule has 0 atom stereocenters. The number of nitrogens with zero attached hydrogens (tertiary/aromatic N) is 3. The van der Waals surface area contributed by atoms with Gasteiger partial charge in [0.1, 0.15) is 36.6 Å². The van der Waals surface area contributed by atoms with Crippen molar-refractivity contribution < 1.29 is 18.7 Å². The SMILES string of the molecule is COc1ccc(COc2cccc(F)c2)cc1NC(=O)CCCn1cncn1. The second-order valence-corrected chi connectivity index (χ2v) is 6.09. The van der Waals surface area contributed by atoms with Crippen LogP contribution in [0.15, 0.2) is 55.1 Å². The summed E-state index contributed by atoms with van der Waals surface area (Å²) in [7, 11) is 1.54. The molecule has 1 amide bonds. The summed E-state index contributed by atoms with van der Waals surface area (Å²) in [5.41, 5.74) is 1.39. The monoisotopic (exact) mass is 384 g/mol. The average Bonchev–Trinajstić information content (AvgIpc) is 3.20. The number of rotatable bonds is 9. The third-order valence-corrected chi connectivity index (χ3v) is 4.00. The zero-order chi connectivity index (χ0) is 19.8. The topological polar surface area (TPSA) is 78.3 Å². The second kappa shape index (κ2) is 9.50. The van der Waals surface area contributed by atoms with Crippen molar-refractivity contribution in [3.63, 3.8) is 0 Å². The van der Waals surface area contributed by atoms with Crippen molar-refractivity contribution in [3.8, 4) is 11.5 Å². The Balaban J connectivity index is 1.57. The fourth-order valence-corrected chi connectivity index (χ4v) is 2.63. The highest BCUT2D eigenvalue weighted by molar-refractivity contribution is 5.92. The number of halogens is 1. The number of nitrogens with one attached hydrogen (secondary N) is 1. The summed E-state index contributed by atoms with van der Waals surface area (Å²) in [5.74, 6) is 0.515. The maximum Gasteiger partial charge on any atom is 0.224 e. The standard InChI is InChI=1S/C20H21FN4O3/c1-27-19-8-7-15(12-28-17-5-2-4-16(21)11-17)10-18(19)24-20(26)6-3-9-25-14-22-13-23-25/h2,4-5,7-8,10-11,13-14H,3,6,9,12H2,1H3,(H,24,26). The van der Waals surface area contributed by atoms with Gasteiger partial charge in [0.2, 0.25) is 5.91 Å². The van der Waals surface area contributed by atoms with Crippen LogP contribution >= 0.6 is 0 Å². The van der Waals surface area contributed by atoms with E-state index in [-0.39, 0.29) is 18.3 Å². The largest absolute Gasteiger partial charge is 0.495 e. The molecule has 0 aliphatic carbocycles. The van der Waals surface area contributed by atoms with Gasteiger partial charge >= 0.3 is 0 Å². The summed E-state index contributed by atoms with van der Waals surface area (Å²) in [5, 5.41) is 6.87. The maximum atomic E-state index is 13.2. The normalized spacial score (nSPS) is 10.5.